The molecule has 0 radical (unpaired) electrons. The Morgan fingerprint density at radius 1 is 1.62 bits per heavy atom. The first-order valence-electron chi connectivity index (χ1n) is 5.33. The number of nitrogens with two attached hydrogens (primary N) is 1. The monoisotopic (exact) mass is 236 g/mol. The summed E-state index contributed by atoms with van der Waals surface area (Å²) in [5.41, 5.74) is 5.28. The molecule has 4 nitrogen and oxygen atoms in total. The molecule has 0 aliphatic heterocycles. The van der Waals surface area contributed by atoms with E-state index in [1.54, 1.807) is 11.3 Å². The first-order valence-corrected chi connectivity index (χ1v) is 6.27. The smallest absolute Gasteiger partial charge is 0.0538 e. The Kier molecular flexibility index (Phi) is 3.71. The molecule has 2 rings (SSSR count). The average molecular weight is 236 g/mol. The lowest BCUT2D eigenvalue weighted by Gasteiger charge is -2.12. The second kappa shape index (κ2) is 5.25. The number of hydrogen-bond donors (Lipinski definition) is 2. The van der Waals surface area contributed by atoms with E-state index in [1.807, 2.05) is 17.1 Å². The summed E-state index contributed by atoms with van der Waals surface area (Å²) in [6, 6.07) is 2.26. The van der Waals surface area contributed by atoms with E-state index >= 15 is 0 Å². The first kappa shape index (κ1) is 11.3. The SMILES string of the molecule is CCn1cc(C(Cc2ccsc2)NN)cn1. The average Bonchev–Trinajstić information content (AvgIpc) is 2.96. The van der Waals surface area contributed by atoms with Crippen molar-refractivity contribution >= 4 is 11.3 Å². The van der Waals surface area contributed by atoms with Crippen LogP contribution in [-0.4, -0.2) is 9.78 Å². The van der Waals surface area contributed by atoms with Gasteiger partial charge in [-0.05, 0) is 35.7 Å². The van der Waals surface area contributed by atoms with Crippen LogP contribution in [0, 0.1) is 0 Å². The van der Waals surface area contributed by atoms with Gasteiger partial charge < -0.3 is 0 Å². The van der Waals surface area contributed by atoms with Crippen molar-refractivity contribution in [2.45, 2.75) is 25.9 Å². The van der Waals surface area contributed by atoms with Crippen molar-refractivity contribution in [2.24, 2.45) is 5.84 Å². The zero-order valence-electron chi connectivity index (χ0n) is 9.26. The molecule has 86 valence electrons. The summed E-state index contributed by atoms with van der Waals surface area (Å²) >= 11 is 1.71. The zero-order chi connectivity index (χ0) is 11.4. The van der Waals surface area contributed by atoms with Crippen LogP contribution in [0.15, 0.2) is 29.2 Å². The van der Waals surface area contributed by atoms with E-state index in [0.717, 1.165) is 18.5 Å². The Morgan fingerprint density at radius 3 is 3.06 bits per heavy atom. The second-order valence-corrected chi connectivity index (χ2v) is 4.46. The molecule has 0 spiro atoms. The molecule has 0 bridgehead atoms. The second-order valence-electron chi connectivity index (χ2n) is 3.68. The minimum Gasteiger partial charge on any atom is -0.273 e. The summed E-state index contributed by atoms with van der Waals surface area (Å²) in [5.74, 6) is 5.59. The van der Waals surface area contributed by atoms with E-state index in [1.165, 1.54) is 5.56 Å². The van der Waals surface area contributed by atoms with E-state index in [9.17, 15) is 0 Å². The van der Waals surface area contributed by atoms with Crippen LogP contribution < -0.4 is 11.3 Å². The Morgan fingerprint density at radius 2 is 2.50 bits per heavy atom. The minimum atomic E-state index is 0.134. The molecule has 0 aliphatic carbocycles. The Labute approximate surface area is 99.1 Å². The third-order valence-corrected chi connectivity index (χ3v) is 3.33. The van der Waals surface area contributed by atoms with Crippen molar-refractivity contribution < 1.29 is 0 Å². The van der Waals surface area contributed by atoms with Gasteiger partial charge in [0.05, 0.1) is 12.2 Å². The van der Waals surface area contributed by atoms with Crippen LogP contribution in [0.5, 0.6) is 0 Å². The zero-order valence-corrected chi connectivity index (χ0v) is 10.1. The molecule has 0 amide bonds. The van der Waals surface area contributed by atoms with Crippen LogP contribution in [-0.2, 0) is 13.0 Å². The highest BCUT2D eigenvalue weighted by atomic mass is 32.1. The molecule has 2 aromatic heterocycles. The number of aryl methyl sites for hydroxylation is 1. The van der Waals surface area contributed by atoms with E-state index in [-0.39, 0.29) is 6.04 Å². The van der Waals surface area contributed by atoms with Crippen LogP contribution in [0.2, 0.25) is 0 Å². The number of hydrogen-bond acceptors (Lipinski definition) is 4. The van der Waals surface area contributed by atoms with Gasteiger partial charge in [-0.2, -0.15) is 16.4 Å². The van der Waals surface area contributed by atoms with Gasteiger partial charge in [0.15, 0.2) is 0 Å². The number of thiophene rings is 1. The summed E-state index contributed by atoms with van der Waals surface area (Å²) in [6.45, 7) is 2.95. The lowest BCUT2D eigenvalue weighted by molar-refractivity contribution is 0.551. The van der Waals surface area contributed by atoms with Gasteiger partial charge in [-0.3, -0.25) is 16.0 Å². The van der Waals surface area contributed by atoms with Gasteiger partial charge in [-0.25, -0.2) is 0 Å². The highest BCUT2D eigenvalue weighted by Gasteiger charge is 2.12. The number of nitrogens with zero attached hydrogens (tertiary/aromatic N) is 2. The van der Waals surface area contributed by atoms with Crippen molar-refractivity contribution in [1.29, 1.82) is 0 Å². The van der Waals surface area contributed by atoms with Gasteiger partial charge in [-0.15, -0.1) is 0 Å². The summed E-state index contributed by atoms with van der Waals surface area (Å²) < 4.78 is 1.91. The molecule has 0 saturated carbocycles. The standard InChI is InChI=1S/C11H16N4S/c1-2-15-7-10(6-13-15)11(14-12)5-9-3-4-16-8-9/h3-4,6-8,11,14H,2,5,12H2,1H3. The van der Waals surface area contributed by atoms with Gasteiger partial charge >= 0.3 is 0 Å². The van der Waals surface area contributed by atoms with E-state index in [4.69, 9.17) is 5.84 Å². The molecular formula is C11H16N4S. The normalized spacial score (nSPS) is 12.9. The maximum atomic E-state index is 5.59. The molecular weight excluding hydrogens is 220 g/mol. The highest BCUT2D eigenvalue weighted by Crippen LogP contribution is 2.18. The van der Waals surface area contributed by atoms with Crippen molar-refractivity contribution in [3.8, 4) is 0 Å². The highest BCUT2D eigenvalue weighted by molar-refractivity contribution is 7.07. The molecule has 0 aliphatic rings. The predicted molar refractivity (Wildman–Crippen MR) is 66.0 cm³/mol. The molecule has 1 unspecified atom stereocenters. The molecule has 0 saturated heterocycles. The molecule has 2 heterocycles. The third-order valence-electron chi connectivity index (χ3n) is 2.60. The first-order chi connectivity index (χ1) is 7.83. The van der Waals surface area contributed by atoms with Crippen molar-refractivity contribution in [3.63, 3.8) is 0 Å². The summed E-state index contributed by atoms with van der Waals surface area (Å²) in [6.07, 6.45) is 4.81. The number of rotatable bonds is 5. The maximum absolute atomic E-state index is 5.59. The molecule has 2 aromatic rings. The minimum absolute atomic E-state index is 0.134. The fourth-order valence-corrected chi connectivity index (χ4v) is 2.33. The molecule has 1 atom stereocenters. The molecule has 0 aromatic carbocycles. The van der Waals surface area contributed by atoms with E-state index < -0.39 is 0 Å². The van der Waals surface area contributed by atoms with Gasteiger partial charge in [0.25, 0.3) is 0 Å². The molecule has 3 N–H and O–H groups in total. The lowest BCUT2D eigenvalue weighted by atomic mass is 10.0. The summed E-state index contributed by atoms with van der Waals surface area (Å²) in [7, 11) is 0. The predicted octanol–water partition coefficient (Wildman–Crippen LogP) is 1.71. The van der Waals surface area contributed by atoms with Crippen molar-refractivity contribution in [2.75, 3.05) is 0 Å². The quantitative estimate of drug-likeness (QED) is 0.614. The van der Waals surface area contributed by atoms with E-state index in [0.29, 0.717) is 0 Å². The molecule has 0 fully saturated rings. The Bertz CT molecular complexity index is 421. The largest absolute Gasteiger partial charge is 0.273 e. The van der Waals surface area contributed by atoms with Crippen LogP contribution in [0.3, 0.4) is 0 Å². The number of nitrogens with one attached hydrogen (secondary N) is 1. The van der Waals surface area contributed by atoms with Gasteiger partial charge in [0.2, 0.25) is 0 Å². The third kappa shape index (κ3) is 2.49. The van der Waals surface area contributed by atoms with E-state index in [2.05, 4.69) is 34.3 Å². The van der Waals surface area contributed by atoms with Gasteiger partial charge in [0, 0.05) is 18.3 Å². The lowest BCUT2D eigenvalue weighted by Crippen LogP contribution is -2.29. The number of hydrazine groups is 1. The Hall–Kier alpha value is -1.17. The van der Waals surface area contributed by atoms with Crippen LogP contribution in [0.4, 0.5) is 0 Å². The van der Waals surface area contributed by atoms with Crippen molar-refractivity contribution in [3.05, 3.63) is 40.3 Å². The molecule has 16 heavy (non-hydrogen) atoms. The summed E-state index contributed by atoms with van der Waals surface area (Å²) in [4.78, 5) is 0. The van der Waals surface area contributed by atoms with Crippen molar-refractivity contribution in [1.82, 2.24) is 15.2 Å². The van der Waals surface area contributed by atoms with Crippen LogP contribution >= 0.6 is 11.3 Å². The fraction of sp³-hybridized carbons (Fsp3) is 0.364. The van der Waals surface area contributed by atoms with Crippen LogP contribution in [0.1, 0.15) is 24.1 Å². The summed E-state index contributed by atoms with van der Waals surface area (Å²) in [5, 5.41) is 8.49. The van der Waals surface area contributed by atoms with Gasteiger partial charge in [0.1, 0.15) is 0 Å². The maximum Gasteiger partial charge on any atom is 0.0538 e. The fourth-order valence-electron chi connectivity index (χ4n) is 1.65. The van der Waals surface area contributed by atoms with Gasteiger partial charge in [-0.1, -0.05) is 0 Å². The topological polar surface area (TPSA) is 55.9 Å². The van der Waals surface area contributed by atoms with Crippen LogP contribution in [0.25, 0.3) is 0 Å². The molecule has 5 heteroatoms. The number of aromatic nitrogens is 2. The Balaban J connectivity index is 2.10.